The summed E-state index contributed by atoms with van der Waals surface area (Å²) < 4.78 is 14.7. The number of halogens is 2. The molecule has 0 N–H and O–H groups in total. The van der Waals surface area contributed by atoms with Crippen LogP contribution in [0.1, 0.15) is 63.8 Å². The van der Waals surface area contributed by atoms with Crippen molar-refractivity contribution in [1.29, 1.82) is 0 Å². The van der Waals surface area contributed by atoms with Crippen LogP contribution in [0.2, 0.25) is 0 Å². The third kappa shape index (κ3) is 10.5. The smallest absolute Gasteiger partial charge is 0.137 e. The Morgan fingerprint density at radius 3 is 0.938 bits per heavy atom. The third-order valence-corrected chi connectivity index (χ3v) is 10.4. The molecule has 0 saturated heterocycles. The van der Waals surface area contributed by atoms with E-state index in [1.165, 1.54) is 22.3 Å². The molecule has 0 spiro atoms. The predicted octanol–water partition coefficient (Wildman–Crippen LogP) is 3.21. The minimum atomic E-state index is 0. The van der Waals surface area contributed by atoms with E-state index in [-0.39, 0.29) is 34.0 Å². The van der Waals surface area contributed by atoms with Gasteiger partial charge in [-0.05, 0) is 99.2 Å². The van der Waals surface area contributed by atoms with Crippen LogP contribution in [0, 0.1) is 0 Å². The Bertz CT molecular complexity index is 1350. The van der Waals surface area contributed by atoms with Crippen LogP contribution in [0.5, 0.6) is 11.5 Å². The summed E-state index contributed by atoms with van der Waals surface area (Å²) in [6, 6.07) is 38.8. The molecule has 0 aliphatic heterocycles. The van der Waals surface area contributed by atoms with Crippen LogP contribution in [0.25, 0.3) is 11.1 Å². The first-order valence-corrected chi connectivity index (χ1v) is 17.5. The Morgan fingerprint density at radius 1 is 0.396 bits per heavy atom. The average Bonchev–Trinajstić information content (AvgIpc) is 3.13. The second-order valence-electron chi connectivity index (χ2n) is 12.3. The van der Waals surface area contributed by atoms with E-state index in [2.05, 4.69) is 151 Å². The topological polar surface area (TPSA) is 18.5 Å². The monoisotopic (exact) mass is 778 g/mol. The summed E-state index contributed by atoms with van der Waals surface area (Å²) in [6.45, 7) is 23.9. The lowest BCUT2D eigenvalue weighted by molar-refractivity contribution is -0.923. The molecule has 0 bridgehead atoms. The number of nitrogens with zero attached hydrogens (tertiary/aromatic N) is 2. The van der Waals surface area contributed by atoms with Crippen LogP contribution in [-0.2, 0) is 0 Å². The maximum atomic E-state index is 6.28. The van der Waals surface area contributed by atoms with E-state index in [0.29, 0.717) is 0 Å². The van der Waals surface area contributed by atoms with Gasteiger partial charge in [-0.3, -0.25) is 0 Å². The summed E-state index contributed by atoms with van der Waals surface area (Å²) >= 11 is 0. The molecule has 4 aromatic rings. The van der Waals surface area contributed by atoms with Gasteiger partial charge in [0, 0.05) is 0 Å². The zero-order valence-corrected chi connectivity index (χ0v) is 33.1. The molecule has 48 heavy (non-hydrogen) atoms. The van der Waals surface area contributed by atoms with Gasteiger partial charge in [0.2, 0.25) is 0 Å². The van der Waals surface area contributed by atoms with Crippen molar-refractivity contribution >= 4 is 11.1 Å². The lowest BCUT2D eigenvalue weighted by Gasteiger charge is -2.35. The molecule has 0 amide bonds. The van der Waals surface area contributed by atoms with Crippen molar-refractivity contribution in [3.63, 3.8) is 0 Å². The van der Waals surface area contributed by atoms with E-state index in [1.807, 2.05) is 0 Å². The van der Waals surface area contributed by atoms with Crippen LogP contribution in [0.15, 0.2) is 109 Å². The van der Waals surface area contributed by atoms with Gasteiger partial charge in [-0.25, -0.2) is 0 Å². The quantitative estimate of drug-likeness (QED) is 0.114. The zero-order valence-electron chi connectivity index (χ0n) is 29.9. The first kappa shape index (κ1) is 41.3. The lowest BCUT2D eigenvalue weighted by Crippen LogP contribution is -3.00. The van der Waals surface area contributed by atoms with Gasteiger partial charge in [-0.15, -0.1) is 0 Å². The lowest BCUT2D eigenvalue weighted by atomic mass is 9.86. The molecule has 4 rings (SSSR count). The van der Waals surface area contributed by atoms with Crippen LogP contribution < -0.4 is 43.4 Å². The zero-order chi connectivity index (χ0) is 32.8. The van der Waals surface area contributed by atoms with Gasteiger partial charge in [-0.2, -0.15) is 0 Å². The highest BCUT2D eigenvalue weighted by atomic mass is 79.9. The number of hydrogen-bond acceptors (Lipinski definition) is 2. The fourth-order valence-electron chi connectivity index (χ4n) is 6.56. The highest BCUT2D eigenvalue weighted by Crippen LogP contribution is 2.37. The largest absolute Gasteiger partial charge is 1.00 e. The Labute approximate surface area is 312 Å². The average molecular weight is 781 g/mol. The molecule has 0 aliphatic carbocycles. The van der Waals surface area contributed by atoms with E-state index < -0.39 is 0 Å². The van der Waals surface area contributed by atoms with Gasteiger partial charge < -0.3 is 52.4 Å². The van der Waals surface area contributed by atoms with Crippen molar-refractivity contribution in [3.8, 4) is 11.5 Å². The minimum absolute atomic E-state index is 0. The second-order valence-corrected chi connectivity index (χ2v) is 12.3. The Balaban J connectivity index is 0.00000400. The van der Waals surface area contributed by atoms with Crippen molar-refractivity contribution in [2.24, 2.45) is 0 Å². The van der Waals surface area contributed by atoms with Crippen LogP contribution in [0.4, 0.5) is 0 Å². The molecular weight excluding hydrogens is 724 g/mol. The van der Waals surface area contributed by atoms with E-state index >= 15 is 0 Å². The highest BCUT2D eigenvalue weighted by molar-refractivity contribution is 6.04. The Morgan fingerprint density at radius 2 is 0.667 bits per heavy atom. The van der Waals surface area contributed by atoms with Crippen LogP contribution in [0.3, 0.4) is 0 Å². The summed E-state index contributed by atoms with van der Waals surface area (Å²) in [4.78, 5) is 0. The van der Waals surface area contributed by atoms with E-state index in [1.54, 1.807) is 0 Å². The van der Waals surface area contributed by atoms with Crippen molar-refractivity contribution in [3.05, 3.63) is 131 Å². The highest BCUT2D eigenvalue weighted by Gasteiger charge is 2.22. The standard InChI is InChI=1S/C42H56N2O2.2BrH/c1-7-43(8-2,9-3)31-33-45-39-27-23-37(24-28-39)41(35-19-15-13-16-20-35)42(36-21-17-14-18-22-36)38-25-29-40(30-26-38)46-34-32-44(10-4,11-5)12-6;;/h13-30H,7-12,31-34H2,1-6H3;2*1H/q+2;;/p-2/b42-41+;;. The Kier molecular flexibility index (Phi) is 17.7. The van der Waals surface area contributed by atoms with E-state index in [0.717, 1.165) is 97.2 Å². The fraction of sp³-hybridized carbons (Fsp3) is 0.381. The molecule has 0 aliphatic rings. The summed E-state index contributed by atoms with van der Waals surface area (Å²) in [5, 5.41) is 0. The molecule has 0 fully saturated rings. The Hall–Kier alpha value is -2.90. The molecular formula is C42H56Br2N2O2. The second kappa shape index (κ2) is 20.6. The molecule has 4 aromatic carbocycles. The van der Waals surface area contributed by atoms with Crippen molar-refractivity contribution in [2.75, 3.05) is 65.6 Å². The molecule has 4 nitrogen and oxygen atoms in total. The molecule has 260 valence electrons. The van der Waals surface area contributed by atoms with Crippen molar-refractivity contribution in [2.45, 2.75) is 41.5 Å². The molecule has 0 saturated carbocycles. The van der Waals surface area contributed by atoms with Crippen molar-refractivity contribution in [1.82, 2.24) is 0 Å². The number of benzene rings is 4. The maximum Gasteiger partial charge on any atom is 0.137 e. The molecule has 0 aromatic heterocycles. The summed E-state index contributed by atoms with van der Waals surface area (Å²) in [5.74, 6) is 1.83. The van der Waals surface area contributed by atoms with Gasteiger partial charge in [0.25, 0.3) is 0 Å². The van der Waals surface area contributed by atoms with Crippen LogP contribution in [-0.4, -0.2) is 74.5 Å². The summed E-state index contributed by atoms with van der Waals surface area (Å²) in [6.07, 6.45) is 0. The number of rotatable bonds is 18. The summed E-state index contributed by atoms with van der Waals surface area (Å²) in [7, 11) is 0. The van der Waals surface area contributed by atoms with E-state index in [9.17, 15) is 0 Å². The molecule has 0 radical (unpaired) electrons. The molecule has 0 unspecified atom stereocenters. The van der Waals surface area contributed by atoms with Gasteiger partial charge in [0.1, 0.15) is 37.8 Å². The fourth-order valence-corrected chi connectivity index (χ4v) is 6.56. The third-order valence-electron chi connectivity index (χ3n) is 10.4. The predicted molar refractivity (Wildman–Crippen MR) is 195 cm³/mol. The van der Waals surface area contributed by atoms with Crippen LogP contribution >= 0.6 is 0 Å². The first-order valence-electron chi connectivity index (χ1n) is 17.5. The number of hydrogen-bond donors (Lipinski definition) is 0. The molecule has 6 heteroatoms. The number of likely N-dealkylation sites (N-methyl/N-ethyl adjacent to an activating group) is 2. The van der Waals surface area contributed by atoms with Gasteiger partial charge in [-0.1, -0.05) is 84.9 Å². The number of ether oxygens (including phenoxy) is 2. The van der Waals surface area contributed by atoms with Gasteiger partial charge in [0.05, 0.1) is 39.3 Å². The normalized spacial score (nSPS) is 12.0. The number of quaternary nitrogens is 2. The molecule has 0 heterocycles. The first-order chi connectivity index (χ1) is 22.5. The summed E-state index contributed by atoms with van der Waals surface area (Å²) in [5.41, 5.74) is 7.07. The SMILES string of the molecule is CC[N+](CC)(CC)CCOc1ccc(/C(=C(\c2ccccc2)c2ccc(OCC[N+](CC)(CC)CC)cc2)c2ccccc2)cc1.[Br-].[Br-]. The van der Waals surface area contributed by atoms with Gasteiger partial charge >= 0.3 is 0 Å². The maximum absolute atomic E-state index is 6.28. The van der Waals surface area contributed by atoms with E-state index in [4.69, 9.17) is 9.47 Å². The van der Waals surface area contributed by atoms with Gasteiger partial charge in [0.15, 0.2) is 0 Å². The van der Waals surface area contributed by atoms with Crippen molar-refractivity contribution < 1.29 is 52.4 Å². The minimum Gasteiger partial charge on any atom is -1.00 e. The molecule has 0 atom stereocenters.